The summed E-state index contributed by atoms with van der Waals surface area (Å²) in [4.78, 5) is 4.25. The number of hydrogen-bond donors (Lipinski definition) is 2. The molecular formula is C12H18N2O3. The Balaban J connectivity index is 2.17. The second-order valence-electron chi connectivity index (χ2n) is 4.23. The smallest absolute Gasteiger partial charge is 0.169 e. The van der Waals surface area contributed by atoms with Crippen LogP contribution in [0.15, 0.2) is 18.3 Å². The molecule has 5 nitrogen and oxygen atoms in total. The fraction of sp³-hybridized carbons (Fsp3) is 0.583. The zero-order valence-electron chi connectivity index (χ0n) is 9.98. The summed E-state index contributed by atoms with van der Waals surface area (Å²) in [6.45, 7) is 1.38. The molecule has 1 fully saturated rings. The van der Waals surface area contributed by atoms with Crippen molar-refractivity contribution in [3.05, 3.63) is 18.3 Å². The van der Waals surface area contributed by atoms with Crippen molar-refractivity contribution in [1.29, 1.82) is 0 Å². The van der Waals surface area contributed by atoms with Gasteiger partial charge in [0.1, 0.15) is 0 Å². The summed E-state index contributed by atoms with van der Waals surface area (Å²) in [6.07, 6.45) is 3.24. The number of aliphatic hydroxyl groups excluding tert-OH is 1. The standard InChI is InChI=1S/C12H18N2O3/c1-16-10-3-2-6-13-11(10)14-12(9-15)4-7-17-8-5-12/h2-3,6,15H,4-5,7-9H2,1H3,(H,13,14). The van der Waals surface area contributed by atoms with E-state index in [0.29, 0.717) is 24.8 Å². The van der Waals surface area contributed by atoms with Crippen molar-refractivity contribution in [3.8, 4) is 5.75 Å². The van der Waals surface area contributed by atoms with Crippen LogP contribution in [-0.2, 0) is 4.74 Å². The lowest BCUT2D eigenvalue weighted by Crippen LogP contribution is -2.47. The summed E-state index contributed by atoms with van der Waals surface area (Å²) in [5.41, 5.74) is -0.347. The lowest BCUT2D eigenvalue weighted by molar-refractivity contribution is 0.0377. The van der Waals surface area contributed by atoms with Crippen LogP contribution in [0.3, 0.4) is 0 Å². The van der Waals surface area contributed by atoms with Gasteiger partial charge in [-0.2, -0.15) is 0 Å². The van der Waals surface area contributed by atoms with Crippen LogP contribution in [0.25, 0.3) is 0 Å². The van der Waals surface area contributed by atoms with Gasteiger partial charge in [0.25, 0.3) is 0 Å². The van der Waals surface area contributed by atoms with Gasteiger partial charge in [0.05, 0.1) is 19.3 Å². The van der Waals surface area contributed by atoms with E-state index >= 15 is 0 Å². The normalized spacial score (nSPS) is 18.7. The van der Waals surface area contributed by atoms with E-state index in [1.54, 1.807) is 13.3 Å². The molecule has 1 aliphatic heterocycles. The highest BCUT2D eigenvalue weighted by Gasteiger charge is 2.32. The minimum atomic E-state index is -0.347. The molecule has 1 aliphatic rings. The van der Waals surface area contributed by atoms with Crippen molar-refractivity contribution in [2.75, 3.05) is 32.2 Å². The van der Waals surface area contributed by atoms with Crippen molar-refractivity contribution in [1.82, 2.24) is 4.98 Å². The number of hydrogen-bond acceptors (Lipinski definition) is 5. The first-order valence-electron chi connectivity index (χ1n) is 5.75. The van der Waals surface area contributed by atoms with E-state index in [-0.39, 0.29) is 12.1 Å². The van der Waals surface area contributed by atoms with E-state index in [9.17, 15) is 5.11 Å². The van der Waals surface area contributed by atoms with Crippen LogP contribution in [0.5, 0.6) is 5.75 Å². The summed E-state index contributed by atoms with van der Waals surface area (Å²) in [5.74, 6) is 1.36. The van der Waals surface area contributed by atoms with Crippen LogP contribution in [-0.4, -0.2) is 42.6 Å². The number of methoxy groups -OCH3 is 1. The lowest BCUT2D eigenvalue weighted by atomic mass is 9.91. The molecule has 0 unspecified atom stereocenters. The number of aliphatic hydroxyl groups is 1. The fourth-order valence-electron chi connectivity index (χ4n) is 1.99. The van der Waals surface area contributed by atoms with E-state index in [1.165, 1.54) is 0 Å². The van der Waals surface area contributed by atoms with Crippen LogP contribution in [0, 0.1) is 0 Å². The van der Waals surface area contributed by atoms with Crippen molar-refractivity contribution in [3.63, 3.8) is 0 Å². The summed E-state index contributed by atoms with van der Waals surface area (Å²) in [7, 11) is 1.61. The van der Waals surface area contributed by atoms with Crippen LogP contribution in [0.2, 0.25) is 0 Å². The third-order valence-corrected chi connectivity index (χ3v) is 3.13. The molecule has 2 heterocycles. The zero-order valence-corrected chi connectivity index (χ0v) is 9.98. The van der Waals surface area contributed by atoms with Crippen LogP contribution < -0.4 is 10.1 Å². The first-order valence-corrected chi connectivity index (χ1v) is 5.75. The van der Waals surface area contributed by atoms with Crippen molar-refractivity contribution in [2.24, 2.45) is 0 Å². The van der Waals surface area contributed by atoms with Gasteiger partial charge in [0.2, 0.25) is 0 Å². The van der Waals surface area contributed by atoms with Gasteiger partial charge in [-0.05, 0) is 25.0 Å². The third kappa shape index (κ3) is 2.68. The monoisotopic (exact) mass is 238 g/mol. The van der Waals surface area contributed by atoms with Crippen molar-refractivity contribution >= 4 is 5.82 Å². The Kier molecular flexibility index (Phi) is 3.81. The molecule has 0 amide bonds. The van der Waals surface area contributed by atoms with E-state index < -0.39 is 0 Å². The number of pyridine rings is 1. The molecule has 0 atom stereocenters. The van der Waals surface area contributed by atoms with Gasteiger partial charge >= 0.3 is 0 Å². The number of ether oxygens (including phenoxy) is 2. The highest BCUT2D eigenvalue weighted by atomic mass is 16.5. The van der Waals surface area contributed by atoms with Crippen molar-refractivity contribution < 1.29 is 14.6 Å². The second kappa shape index (κ2) is 5.33. The molecule has 1 saturated heterocycles. The predicted octanol–water partition coefficient (Wildman–Crippen LogP) is 1.04. The Morgan fingerprint density at radius 3 is 2.94 bits per heavy atom. The summed E-state index contributed by atoms with van der Waals surface area (Å²) >= 11 is 0. The molecule has 0 spiro atoms. The van der Waals surface area contributed by atoms with Gasteiger partial charge in [-0.1, -0.05) is 0 Å². The van der Waals surface area contributed by atoms with Crippen molar-refractivity contribution in [2.45, 2.75) is 18.4 Å². The number of rotatable bonds is 4. The Labute approximate surface area is 101 Å². The van der Waals surface area contributed by atoms with Gasteiger partial charge in [-0.3, -0.25) is 0 Å². The van der Waals surface area contributed by atoms with E-state index in [4.69, 9.17) is 9.47 Å². The molecule has 0 aromatic carbocycles. The van der Waals surface area contributed by atoms with E-state index in [2.05, 4.69) is 10.3 Å². The molecule has 2 N–H and O–H groups in total. The summed E-state index contributed by atoms with van der Waals surface area (Å²) < 4.78 is 10.6. The molecule has 0 radical (unpaired) electrons. The SMILES string of the molecule is COc1cccnc1NC1(CO)CCOCC1. The average molecular weight is 238 g/mol. The highest BCUT2D eigenvalue weighted by Crippen LogP contribution is 2.29. The van der Waals surface area contributed by atoms with Gasteiger partial charge in [-0.25, -0.2) is 4.98 Å². The molecular weight excluding hydrogens is 220 g/mol. The quantitative estimate of drug-likeness (QED) is 0.820. The molecule has 0 bridgehead atoms. The van der Waals surface area contributed by atoms with Gasteiger partial charge in [-0.15, -0.1) is 0 Å². The molecule has 17 heavy (non-hydrogen) atoms. The minimum absolute atomic E-state index is 0.0656. The molecule has 1 aromatic heterocycles. The largest absolute Gasteiger partial charge is 0.493 e. The van der Waals surface area contributed by atoms with Gasteiger partial charge in [0.15, 0.2) is 11.6 Å². The predicted molar refractivity (Wildman–Crippen MR) is 64.3 cm³/mol. The number of nitrogens with one attached hydrogen (secondary N) is 1. The molecule has 5 heteroatoms. The molecule has 0 aliphatic carbocycles. The molecule has 2 rings (SSSR count). The number of anilines is 1. The minimum Gasteiger partial charge on any atom is -0.493 e. The zero-order chi connectivity index (χ0) is 12.1. The fourth-order valence-corrected chi connectivity index (χ4v) is 1.99. The first-order chi connectivity index (χ1) is 8.29. The molecule has 94 valence electrons. The number of aromatic nitrogens is 1. The Morgan fingerprint density at radius 1 is 1.53 bits per heavy atom. The maximum absolute atomic E-state index is 9.58. The average Bonchev–Trinajstić information content (AvgIpc) is 2.40. The highest BCUT2D eigenvalue weighted by molar-refractivity contribution is 5.51. The maximum Gasteiger partial charge on any atom is 0.169 e. The lowest BCUT2D eigenvalue weighted by Gasteiger charge is -2.37. The van der Waals surface area contributed by atoms with Gasteiger partial charge < -0.3 is 19.9 Å². The Hall–Kier alpha value is -1.33. The third-order valence-electron chi connectivity index (χ3n) is 3.13. The second-order valence-corrected chi connectivity index (χ2v) is 4.23. The van der Waals surface area contributed by atoms with E-state index in [0.717, 1.165) is 12.8 Å². The molecule has 1 aromatic rings. The van der Waals surface area contributed by atoms with Crippen LogP contribution in [0.1, 0.15) is 12.8 Å². The van der Waals surface area contributed by atoms with Gasteiger partial charge in [0, 0.05) is 19.4 Å². The maximum atomic E-state index is 9.58. The Bertz CT molecular complexity index is 365. The molecule has 0 saturated carbocycles. The summed E-state index contributed by atoms with van der Waals surface area (Å²) in [5, 5.41) is 12.9. The summed E-state index contributed by atoms with van der Waals surface area (Å²) in [6, 6.07) is 3.67. The van der Waals surface area contributed by atoms with Crippen LogP contribution >= 0.6 is 0 Å². The van der Waals surface area contributed by atoms with E-state index in [1.807, 2.05) is 12.1 Å². The topological polar surface area (TPSA) is 63.6 Å². The first kappa shape index (κ1) is 12.1. The Morgan fingerprint density at radius 2 is 2.29 bits per heavy atom. The number of nitrogens with zero attached hydrogens (tertiary/aromatic N) is 1. The van der Waals surface area contributed by atoms with Crippen LogP contribution in [0.4, 0.5) is 5.82 Å².